The van der Waals surface area contributed by atoms with E-state index in [1.54, 1.807) is 0 Å². The third-order valence-electron chi connectivity index (χ3n) is 4.69. The molecular formula is C15H27NO. The number of hydrogen-bond acceptors (Lipinski definition) is 2. The number of rotatable bonds is 4. The molecule has 0 amide bonds. The fourth-order valence-corrected chi connectivity index (χ4v) is 3.47. The van der Waals surface area contributed by atoms with E-state index in [4.69, 9.17) is 4.74 Å². The molecule has 0 atom stereocenters. The zero-order valence-electron chi connectivity index (χ0n) is 11.7. The molecule has 2 saturated heterocycles. The highest BCUT2D eigenvalue weighted by atomic mass is 16.5. The second-order valence-corrected chi connectivity index (χ2v) is 7.80. The van der Waals surface area contributed by atoms with Gasteiger partial charge >= 0.3 is 0 Å². The van der Waals surface area contributed by atoms with Crippen LogP contribution in [0.3, 0.4) is 0 Å². The summed E-state index contributed by atoms with van der Waals surface area (Å²) in [4.78, 5) is 2.72. The summed E-state index contributed by atoms with van der Waals surface area (Å²) in [6.45, 7) is 11.5. The van der Waals surface area contributed by atoms with Crippen LogP contribution >= 0.6 is 0 Å². The molecule has 0 aromatic heterocycles. The number of piperidine rings is 2. The van der Waals surface area contributed by atoms with Gasteiger partial charge in [-0.15, -0.1) is 0 Å². The molecule has 98 valence electrons. The Morgan fingerprint density at radius 2 is 1.71 bits per heavy atom. The van der Waals surface area contributed by atoms with Crippen LogP contribution in [0.2, 0.25) is 0 Å². The number of nitrogens with zero attached hydrogens (tertiary/aromatic N) is 1. The SMILES string of the molecule is CC(C)(C)OCC1(CN2CC3CC(C3)C2)CC1. The summed E-state index contributed by atoms with van der Waals surface area (Å²) in [5, 5.41) is 0. The van der Waals surface area contributed by atoms with E-state index in [0.29, 0.717) is 5.41 Å². The Bertz CT molecular complexity index is 274. The molecule has 0 radical (unpaired) electrons. The first kappa shape index (κ1) is 12.0. The minimum Gasteiger partial charge on any atom is -0.375 e. The van der Waals surface area contributed by atoms with E-state index >= 15 is 0 Å². The highest BCUT2D eigenvalue weighted by Crippen LogP contribution is 2.49. The molecule has 0 aromatic carbocycles. The minimum atomic E-state index is 0.0274. The summed E-state index contributed by atoms with van der Waals surface area (Å²) in [6, 6.07) is 0. The molecular weight excluding hydrogens is 210 g/mol. The molecule has 17 heavy (non-hydrogen) atoms. The van der Waals surface area contributed by atoms with Crippen molar-refractivity contribution in [1.29, 1.82) is 0 Å². The van der Waals surface area contributed by atoms with Gasteiger partial charge in [-0.05, 0) is 58.3 Å². The van der Waals surface area contributed by atoms with Crippen LogP contribution in [-0.2, 0) is 4.74 Å². The largest absolute Gasteiger partial charge is 0.375 e. The lowest BCUT2D eigenvalue weighted by atomic mass is 9.71. The van der Waals surface area contributed by atoms with Crippen molar-refractivity contribution in [2.24, 2.45) is 17.3 Å². The van der Waals surface area contributed by atoms with Crippen LogP contribution in [0, 0.1) is 17.3 Å². The van der Waals surface area contributed by atoms with Gasteiger partial charge in [0, 0.05) is 25.0 Å². The lowest BCUT2D eigenvalue weighted by Gasteiger charge is -2.48. The van der Waals surface area contributed by atoms with Gasteiger partial charge < -0.3 is 9.64 Å². The van der Waals surface area contributed by atoms with Crippen molar-refractivity contribution in [2.75, 3.05) is 26.2 Å². The van der Waals surface area contributed by atoms with Gasteiger partial charge in [-0.1, -0.05) is 0 Å². The van der Waals surface area contributed by atoms with Crippen molar-refractivity contribution in [3.8, 4) is 0 Å². The molecule has 0 aromatic rings. The third kappa shape index (κ3) is 2.85. The third-order valence-corrected chi connectivity index (χ3v) is 4.69. The average molecular weight is 237 g/mol. The summed E-state index contributed by atoms with van der Waals surface area (Å²) >= 11 is 0. The molecule has 4 rings (SSSR count). The van der Waals surface area contributed by atoms with E-state index in [1.807, 2.05) is 0 Å². The van der Waals surface area contributed by atoms with Gasteiger partial charge in [-0.25, -0.2) is 0 Å². The summed E-state index contributed by atoms with van der Waals surface area (Å²) in [6.07, 6.45) is 5.80. The van der Waals surface area contributed by atoms with Crippen LogP contribution in [0.1, 0.15) is 46.5 Å². The van der Waals surface area contributed by atoms with Gasteiger partial charge in [0.1, 0.15) is 0 Å². The van der Waals surface area contributed by atoms with Crippen molar-refractivity contribution >= 4 is 0 Å². The number of fused-ring (bicyclic) bond motifs is 2. The predicted octanol–water partition coefficient (Wildman–Crippen LogP) is 2.92. The van der Waals surface area contributed by atoms with E-state index in [2.05, 4.69) is 25.7 Å². The van der Waals surface area contributed by atoms with Crippen molar-refractivity contribution < 1.29 is 4.74 Å². The standard InChI is InChI=1S/C15H27NO/c1-14(2,3)17-11-15(4-5-15)10-16-8-12-6-13(7-12)9-16/h12-13H,4-11H2,1-3H3. The zero-order chi connectivity index (χ0) is 12.1. The van der Waals surface area contributed by atoms with Crippen molar-refractivity contribution in [3.05, 3.63) is 0 Å². The van der Waals surface area contributed by atoms with Gasteiger partial charge in [0.2, 0.25) is 0 Å². The molecule has 2 heterocycles. The van der Waals surface area contributed by atoms with Crippen molar-refractivity contribution in [3.63, 3.8) is 0 Å². The second-order valence-electron chi connectivity index (χ2n) is 7.80. The monoisotopic (exact) mass is 237 g/mol. The van der Waals surface area contributed by atoms with E-state index in [1.165, 1.54) is 45.3 Å². The average Bonchev–Trinajstić information content (AvgIpc) is 2.94. The summed E-state index contributed by atoms with van der Waals surface area (Å²) in [5.74, 6) is 2.07. The first-order chi connectivity index (χ1) is 7.94. The Kier molecular flexibility index (Phi) is 2.79. The van der Waals surface area contributed by atoms with E-state index < -0.39 is 0 Å². The summed E-state index contributed by atoms with van der Waals surface area (Å²) < 4.78 is 6.01. The molecule has 4 aliphatic rings. The predicted molar refractivity (Wildman–Crippen MR) is 70.0 cm³/mol. The van der Waals surface area contributed by atoms with Crippen LogP contribution in [0.4, 0.5) is 0 Å². The number of hydrogen-bond donors (Lipinski definition) is 0. The number of ether oxygens (including phenoxy) is 1. The molecule has 2 nitrogen and oxygen atoms in total. The highest BCUT2D eigenvalue weighted by Gasteiger charge is 2.47. The molecule has 0 unspecified atom stereocenters. The zero-order valence-corrected chi connectivity index (χ0v) is 11.7. The fraction of sp³-hybridized carbons (Fsp3) is 1.00. The van der Waals surface area contributed by atoms with Crippen LogP contribution in [-0.4, -0.2) is 36.7 Å². The van der Waals surface area contributed by atoms with E-state index in [-0.39, 0.29) is 5.60 Å². The summed E-state index contributed by atoms with van der Waals surface area (Å²) in [7, 11) is 0. The lowest BCUT2D eigenvalue weighted by Crippen LogP contribution is -2.50. The quantitative estimate of drug-likeness (QED) is 0.745. The molecule has 2 heteroatoms. The topological polar surface area (TPSA) is 12.5 Å². The Labute approximate surface area is 106 Å². The van der Waals surface area contributed by atoms with Crippen molar-refractivity contribution in [2.45, 2.75) is 52.1 Å². The van der Waals surface area contributed by atoms with Crippen LogP contribution in [0.5, 0.6) is 0 Å². The molecule has 0 spiro atoms. The van der Waals surface area contributed by atoms with Crippen molar-refractivity contribution in [1.82, 2.24) is 4.90 Å². The summed E-state index contributed by atoms with van der Waals surface area (Å²) in [5.41, 5.74) is 0.552. The Hall–Kier alpha value is -0.0800. The molecule has 2 aliphatic carbocycles. The first-order valence-corrected chi connectivity index (χ1v) is 7.31. The molecule has 2 bridgehead atoms. The van der Waals surface area contributed by atoms with Gasteiger partial charge in [0.05, 0.1) is 12.2 Å². The maximum Gasteiger partial charge on any atom is 0.0598 e. The smallest absolute Gasteiger partial charge is 0.0598 e. The maximum absolute atomic E-state index is 6.01. The first-order valence-electron chi connectivity index (χ1n) is 7.31. The van der Waals surface area contributed by atoms with Crippen LogP contribution < -0.4 is 0 Å². The molecule has 2 saturated carbocycles. The fourth-order valence-electron chi connectivity index (χ4n) is 3.47. The lowest BCUT2D eigenvalue weighted by molar-refractivity contribution is -0.0462. The highest BCUT2D eigenvalue weighted by molar-refractivity contribution is 4.99. The van der Waals surface area contributed by atoms with Crippen LogP contribution in [0.15, 0.2) is 0 Å². The van der Waals surface area contributed by atoms with Gasteiger partial charge in [-0.2, -0.15) is 0 Å². The molecule has 0 N–H and O–H groups in total. The maximum atomic E-state index is 6.01. The second kappa shape index (κ2) is 3.96. The van der Waals surface area contributed by atoms with E-state index in [9.17, 15) is 0 Å². The molecule has 2 aliphatic heterocycles. The van der Waals surface area contributed by atoms with Gasteiger partial charge in [-0.3, -0.25) is 0 Å². The minimum absolute atomic E-state index is 0.0274. The van der Waals surface area contributed by atoms with Gasteiger partial charge in [0.15, 0.2) is 0 Å². The Balaban J connectivity index is 1.47. The molecule has 4 fully saturated rings. The van der Waals surface area contributed by atoms with E-state index in [0.717, 1.165) is 18.4 Å². The Morgan fingerprint density at radius 1 is 1.12 bits per heavy atom. The van der Waals surface area contributed by atoms with Crippen LogP contribution in [0.25, 0.3) is 0 Å². The Morgan fingerprint density at radius 3 is 2.18 bits per heavy atom. The normalized spacial score (nSPS) is 35.5. The van der Waals surface area contributed by atoms with Gasteiger partial charge in [0.25, 0.3) is 0 Å².